The second-order valence-corrected chi connectivity index (χ2v) is 7.91. The van der Waals surface area contributed by atoms with Gasteiger partial charge in [0.25, 0.3) is 5.91 Å². The van der Waals surface area contributed by atoms with Crippen LogP contribution in [0.5, 0.6) is 5.75 Å². The third-order valence-electron chi connectivity index (χ3n) is 5.61. The van der Waals surface area contributed by atoms with Crippen LogP contribution >= 0.6 is 0 Å². The first-order valence-corrected chi connectivity index (χ1v) is 10.5. The molecule has 0 saturated carbocycles. The van der Waals surface area contributed by atoms with Crippen LogP contribution in [0.2, 0.25) is 0 Å². The van der Waals surface area contributed by atoms with Crippen LogP contribution in [0.1, 0.15) is 34.5 Å². The van der Waals surface area contributed by atoms with Crippen molar-refractivity contribution in [2.24, 2.45) is 0 Å². The van der Waals surface area contributed by atoms with Gasteiger partial charge in [-0.2, -0.15) is 18.3 Å². The fourth-order valence-corrected chi connectivity index (χ4v) is 3.60. The number of nitrogen functional groups attached to an aromatic ring is 1. The number of aromatic nitrogens is 3. The molecule has 0 radical (unpaired) electrons. The van der Waals surface area contributed by atoms with E-state index in [1.165, 1.54) is 25.3 Å². The van der Waals surface area contributed by atoms with Crippen molar-refractivity contribution >= 4 is 22.6 Å². The molecule has 2 heterocycles. The largest absolute Gasteiger partial charge is 0.496 e. The minimum Gasteiger partial charge on any atom is -0.496 e. The minimum atomic E-state index is -4.46. The smallest absolute Gasteiger partial charge is 0.396 e. The Morgan fingerprint density at radius 2 is 1.89 bits per heavy atom. The normalized spacial score (nSPS) is 12.5. The highest BCUT2D eigenvalue weighted by Gasteiger charge is 2.38. The summed E-state index contributed by atoms with van der Waals surface area (Å²) >= 11 is 0. The number of nitrogens with two attached hydrogens (primary N) is 1. The zero-order valence-corrected chi connectivity index (χ0v) is 18.7. The van der Waals surface area contributed by atoms with Gasteiger partial charge in [-0.3, -0.25) is 14.9 Å². The lowest BCUT2D eigenvalue weighted by Crippen LogP contribution is -2.23. The molecule has 0 aliphatic rings. The van der Waals surface area contributed by atoms with E-state index in [1.54, 1.807) is 24.3 Å². The Kier molecular flexibility index (Phi) is 6.33. The van der Waals surface area contributed by atoms with Gasteiger partial charge in [0.05, 0.1) is 40.9 Å². The van der Waals surface area contributed by atoms with Crippen molar-refractivity contribution in [1.82, 2.24) is 20.5 Å². The highest BCUT2D eigenvalue weighted by molar-refractivity contribution is 6.00. The van der Waals surface area contributed by atoms with Gasteiger partial charge in [-0.1, -0.05) is 24.3 Å². The number of carbonyl (C=O) groups excluding carboxylic acids is 1. The average molecular weight is 487 g/mol. The van der Waals surface area contributed by atoms with Gasteiger partial charge in [0.1, 0.15) is 11.6 Å². The number of carbonyl (C=O) groups is 1. The summed E-state index contributed by atoms with van der Waals surface area (Å²) in [6, 6.07) is 11.7. The van der Waals surface area contributed by atoms with Crippen molar-refractivity contribution in [3.8, 4) is 17.0 Å². The number of methoxy groups -OCH3 is 1. The maximum absolute atomic E-state index is 13.6. The second-order valence-electron chi connectivity index (χ2n) is 7.91. The van der Waals surface area contributed by atoms with Crippen LogP contribution in [0.3, 0.4) is 0 Å². The topological polar surface area (TPSA) is 106 Å². The number of anilines is 1. The van der Waals surface area contributed by atoms with Crippen molar-refractivity contribution in [1.29, 1.82) is 0 Å². The molecule has 182 valence electrons. The highest BCUT2D eigenvalue weighted by atomic mass is 19.4. The Morgan fingerprint density at radius 1 is 1.17 bits per heavy atom. The Bertz CT molecular complexity index is 1380. The maximum atomic E-state index is 13.6. The summed E-state index contributed by atoms with van der Waals surface area (Å²) in [4.78, 5) is 16.8. The predicted molar refractivity (Wildman–Crippen MR) is 122 cm³/mol. The molecule has 4 aromatic rings. The first-order valence-electron chi connectivity index (χ1n) is 10.5. The Balaban J connectivity index is 1.59. The molecular formula is C24H21F4N5O2. The number of fused-ring (bicyclic) bond motifs is 1. The third kappa shape index (κ3) is 4.88. The molecule has 7 nitrogen and oxygen atoms in total. The zero-order chi connectivity index (χ0) is 25.3. The summed E-state index contributed by atoms with van der Waals surface area (Å²) in [6.07, 6.45) is -4.46. The van der Waals surface area contributed by atoms with Gasteiger partial charge in [-0.25, -0.2) is 4.39 Å². The Hall–Kier alpha value is -4.15. The molecule has 35 heavy (non-hydrogen) atoms. The van der Waals surface area contributed by atoms with Gasteiger partial charge in [0.2, 0.25) is 0 Å². The van der Waals surface area contributed by atoms with Crippen molar-refractivity contribution in [3.63, 3.8) is 0 Å². The number of H-pyrrole nitrogens is 1. The molecule has 2 aromatic heterocycles. The lowest BCUT2D eigenvalue weighted by molar-refractivity contribution is -0.147. The molecule has 4 N–H and O–H groups in total. The molecule has 1 atom stereocenters. The molecule has 0 saturated heterocycles. The van der Waals surface area contributed by atoms with Crippen molar-refractivity contribution < 1.29 is 27.1 Å². The van der Waals surface area contributed by atoms with E-state index in [0.717, 1.165) is 13.0 Å². The van der Waals surface area contributed by atoms with Crippen molar-refractivity contribution in [2.75, 3.05) is 12.8 Å². The van der Waals surface area contributed by atoms with Crippen LogP contribution < -0.4 is 15.8 Å². The zero-order valence-electron chi connectivity index (χ0n) is 18.7. The summed E-state index contributed by atoms with van der Waals surface area (Å²) in [7, 11) is 1.38. The molecule has 4 rings (SSSR count). The van der Waals surface area contributed by atoms with E-state index in [9.17, 15) is 22.4 Å². The molecule has 0 fully saturated rings. The lowest BCUT2D eigenvalue weighted by Gasteiger charge is -2.16. The van der Waals surface area contributed by atoms with Gasteiger partial charge in [-0.05, 0) is 36.8 Å². The average Bonchev–Trinajstić information content (AvgIpc) is 3.21. The molecule has 0 bridgehead atoms. The van der Waals surface area contributed by atoms with Crippen molar-refractivity contribution in [3.05, 3.63) is 71.2 Å². The van der Waals surface area contributed by atoms with Crippen molar-refractivity contribution in [2.45, 2.75) is 25.6 Å². The predicted octanol–water partition coefficient (Wildman–Crippen LogP) is 4.95. The number of aromatic amines is 1. The van der Waals surface area contributed by atoms with E-state index in [0.29, 0.717) is 22.0 Å². The highest BCUT2D eigenvalue weighted by Crippen LogP contribution is 2.37. The summed E-state index contributed by atoms with van der Waals surface area (Å²) in [5.41, 5.74) is 7.67. The van der Waals surface area contributed by atoms with Crippen LogP contribution in [0.4, 0.5) is 23.4 Å². The quantitative estimate of drug-likeness (QED) is 0.334. The van der Waals surface area contributed by atoms with Crippen LogP contribution in [-0.4, -0.2) is 34.4 Å². The number of hydrogen-bond acceptors (Lipinski definition) is 5. The van der Waals surface area contributed by atoms with E-state index < -0.39 is 23.8 Å². The second kappa shape index (κ2) is 9.24. The Morgan fingerprint density at radius 3 is 2.54 bits per heavy atom. The van der Waals surface area contributed by atoms with Crippen LogP contribution in [0.15, 0.2) is 48.5 Å². The lowest BCUT2D eigenvalue weighted by atomic mass is 10.0. The molecule has 2 aromatic carbocycles. The van der Waals surface area contributed by atoms with Gasteiger partial charge in [0.15, 0.2) is 5.82 Å². The minimum absolute atomic E-state index is 0.0572. The number of pyridine rings is 1. The number of hydrogen-bond donors (Lipinski definition) is 3. The number of ether oxygens (including phenoxy) is 1. The maximum Gasteiger partial charge on any atom is 0.396 e. The van der Waals surface area contributed by atoms with E-state index >= 15 is 0 Å². The summed E-state index contributed by atoms with van der Waals surface area (Å²) < 4.78 is 58.6. The summed E-state index contributed by atoms with van der Waals surface area (Å²) in [5, 5.41) is 9.67. The number of amides is 1. The molecular weight excluding hydrogens is 466 g/mol. The first kappa shape index (κ1) is 24.0. The van der Waals surface area contributed by atoms with E-state index in [1.807, 2.05) is 0 Å². The molecule has 1 amide bonds. The molecule has 0 aliphatic heterocycles. The monoisotopic (exact) mass is 487 g/mol. The number of nitrogens with zero attached hydrogens (tertiary/aromatic N) is 2. The SMILES string of the molecule is COc1ccc(F)cc1C(=O)NCc1ccc(-c2nc(C(C)C(F)(F)F)cc3[nH]nc(N)c23)cc1. The number of benzene rings is 2. The number of nitrogens with one attached hydrogen (secondary N) is 2. The van der Waals surface area contributed by atoms with E-state index in [2.05, 4.69) is 20.5 Å². The van der Waals surface area contributed by atoms with Crippen LogP contribution in [-0.2, 0) is 6.54 Å². The molecule has 0 aliphatic carbocycles. The third-order valence-corrected chi connectivity index (χ3v) is 5.61. The summed E-state index contributed by atoms with van der Waals surface area (Å²) in [6.45, 7) is 1.16. The van der Waals surface area contributed by atoms with E-state index in [-0.39, 0.29) is 35.1 Å². The fraction of sp³-hybridized carbons (Fsp3) is 0.208. The number of halogens is 4. The number of alkyl halides is 3. The summed E-state index contributed by atoms with van der Waals surface area (Å²) in [5.74, 6) is -2.52. The molecule has 11 heteroatoms. The molecule has 1 unspecified atom stereocenters. The van der Waals surface area contributed by atoms with Gasteiger partial charge < -0.3 is 15.8 Å². The first-order chi connectivity index (χ1) is 16.6. The fourth-order valence-electron chi connectivity index (χ4n) is 3.60. The molecule has 0 spiro atoms. The van der Waals surface area contributed by atoms with Gasteiger partial charge in [-0.15, -0.1) is 0 Å². The van der Waals surface area contributed by atoms with Crippen LogP contribution in [0.25, 0.3) is 22.2 Å². The van der Waals surface area contributed by atoms with Gasteiger partial charge >= 0.3 is 6.18 Å². The van der Waals surface area contributed by atoms with E-state index in [4.69, 9.17) is 10.5 Å². The number of rotatable bonds is 6. The van der Waals surface area contributed by atoms with Gasteiger partial charge in [0, 0.05) is 12.1 Å². The standard InChI is InChI=1S/C24H21F4N5O2/c1-12(24(26,27)28)17-10-18-20(22(29)33-32-18)21(31-17)14-5-3-13(4-6-14)11-30-23(34)16-9-15(25)7-8-19(16)35-2/h3-10,12H,11H2,1-2H3,(H,30,34)(H3,29,32,33). The van der Waals surface area contributed by atoms with Crippen LogP contribution in [0, 0.1) is 5.82 Å². The Labute approximate surface area is 197 Å².